The van der Waals surface area contributed by atoms with Crippen LogP contribution in [0.4, 0.5) is 0 Å². The molecule has 1 heterocycles. The van der Waals surface area contributed by atoms with Crippen LogP contribution in [0.25, 0.3) is 0 Å². The first kappa shape index (κ1) is 16.7. The lowest BCUT2D eigenvalue weighted by molar-refractivity contribution is -0.122. The van der Waals surface area contributed by atoms with E-state index in [2.05, 4.69) is 18.7 Å². The van der Waals surface area contributed by atoms with Crippen molar-refractivity contribution in [3.63, 3.8) is 0 Å². The summed E-state index contributed by atoms with van der Waals surface area (Å²) in [5.74, 6) is 2.44. The van der Waals surface area contributed by atoms with Crippen molar-refractivity contribution in [2.75, 3.05) is 19.6 Å². The number of carbonyl (C=O) groups excluding carboxylic acids is 1. The number of nitrogens with zero attached hydrogens (tertiary/aromatic N) is 1. The van der Waals surface area contributed by atoms with Gasteiger partial charge in [0.15, 0.2) is 0 Å². The molecule has 0 aromatic heterocycles. The number of piperidine rings is 1. The largest absolute Gasteiger partial charge is 0.303 e. The van der Waals surface area contributed by atoms with Crippen LogP contribution in [0, 0.1) is 17.8 Å². The molecule has 2 nitrogen and oxygen atoms in total. The van der Waals surface area contributed by atoms with Crippen LogP contribution in [-0.2, 0) is 4.79 Å². The van der Waals surface area contributed by atoms with Crippen LogP contribution in [0.15, 0.2) is 0 Å². The van der Waals surface area contributed by atoms with E-state index in [9.17, 15) is 4.79 Å². The lowest BCUT2D eigenvalue weighted by atomic mass is 9.86. The molecule has 1 saturated heterocycles. The minimum atomic E-state index is 0.218. The number of rotatable bonds is 8. The average Bonchev–Trinajstić information content (AvgIpc) is 2.38. The molecule has 0 radical (unpaired) electrons. The number of likely N-dealkylation sites (tertiary alicyclic amines) is 1. The number of carbonyl (C=O) groups is 1. The van der Waals surface area contributed by atoms with Crippen LogP contribution in [0.2, 0.25) is 0 Å². The Hall–Kier alpha value is -0.370. The second-order valence-corrected chi connectivity index (χ2v) is 6.85. The van der Waals surface area contributed by atoms with Gasteiger partial charge >= 0.3 is 0 Å². The van der Waals surface area contributed by atoms with Crippen LogP contribution in [0.5, 0.6) is 0 Å². The van der Waals surface area contributed by atoms with Gasteiger partial charge < -0.3 is 4.90 Å². The summed E-state index contributed by atoms with van der Waals surface area (Å²) in [5.41, 5.74) is 0. The van der Waals surface area contributed by atoms with E-state index in [1.165, 1.54) is 45.3 Å². The Balaban J connectivity index is 2.01. The van der Waals surface area contributed by atoms with Crippen LogP contribution < -0.4 is 0 Å². The van der Waals surface area contributed by atoms with Crippen LogP contribution in [-0.4, -0.2) is 30.3 Å². The van der Waals surface area contributed by atoms with Crippen molar-refractivity contribution in [1.82, 2.24) is 4.90 Å². The number of unbranched alkanes of at least 4 members (excludes halogenated alkanes) is 2. The normalized spacial score (nSPS) is 18.4. The van der Waals surface area contributed by atoms with Crippen LogP contribution in [0.1, 0.15) is 66.2 Å². The summed E-state index contributed by atoms with van der Waals surface area (Å²) in [6.45, 7) is 12.5. The van der Waals surface area contributed by atoms with E-state index < -0.39 is 0 Å². The van der Waals surface area contributed by atoms with E-state index in [-0.39, 0.29) is 5.92 Å². The molecule has 0 unspecified atom stereocenters. The number of hydrogen-bond acceptors (Lipinski definition) is 2. The van der Waals surface area contributed by atoms with Crippen molar-refractivity contribution in [2.24, 2.45) is 17.8 Å². The van der Waals surface area contributed by atoms with Crippen molar-refractivity contribution in [3.8, 4) is 0 Å². The minimum Gasteiger partial charge on any atom is -0.303 e. The van der Waals surface area contributed by atoms with Gasteiger partial charge in [-0.05, 0) is 57.2 Å². The molecule has 0 atom stereocenters. The lowest BCUT2D eigenvalue weighted by Crippen LogP contribution is -2.35. The van der Waals surface area contributed by atoms with Gasteiger partial charge in [0.25, 0.3) is 0 Å². The average molecular weight is 267 g/mol. The highest BCUT2D eigenvalue weighted by Crippen LogP contribution is 2.24. The Labute approximate surface area is 119 Å². The molecule has 0 aromatic carbocycles. The third-order valence-corrected chi connectivity index (χ3v) is 4.62. The maximum atomic E-state index is 11.5. The van der Waals surface area contributed by atoms with Gasteiger partial charge in [0.1, 0.15) is 5.78 Å². The highest BCUT2D eigenvalue weighted by Gasteiger charge is 2.20. The highest BCUT2D eigenvalue weighted by molar-refractivity contribution is 5.80. The highest BCUT2D eigenvalue weighted by atomic mass is 16.1. The zero-order valence-corrected chi connectivity index (χ0v) is 13.5. The molecular formula is C17H33NO. The van der Waals surface area contributed by atoms with Gasteiger partial charge in [-0.25, -0.2) is 0 Å². The Morgan fingerprint density at radius 3 is 2.21 bits per heavy atom. The standard InChI is InChI=1S/C17H33NO/c1-14(2)16-9-12-18(13-10-16)11-7-5-6-8-17(19)15(3)4/h14-16H,5-13H2,1-4H3. The molecular weight excluding hydrogens is 234 g/mol. The molecule has 112 valence electrons. The Morgan fingerprint density at radius 2 is 1.68 bits per heavy atom. The molecule has 0 saturated carbocycles. The zero-order valence-electron chi connectivity index (χ0n) is 13.5. The summed E-state index contributed by atoms with van der Waals surface area (Å²) in [6.07, 6.45) is 7.10. The van der Waals surface area contributed by atoms with Crippen molar-refractivity contribution in [1.29, 1.82) is 0 Å². The van der Waals surface area contributed by atoms with Crippen LogP contribution >= 0.6 is 0 Å². The first-order valence-corrected chi connectivity index (χ1v) is 8.25. The second kappa shape index (κ2) is 8.73. The molecule has 0 N–H and O–H groups in total. The zero-order chi connectivity index (χ0) is 14.3. The Morgan fingerprint density at radius 1 is 1.05 bits per heavy atom. The van der Waals surface area contributed by atoms with Gasteiger partial charge in [-0.3, -0.25) is 4.79 Å². The fourth-order valence-electron chi connectivity index (χ4n) is 2.94. The number of ketones is 1. The third kappa shape index (κ3) is 6.56. The molecule has 0 aromatic rings. The van der Waals surface area contributed by atoms with Crippen molar-refractivity contribution < 1.29 is 4.79 Å². The molecule has 1 rings (SSSR count). The maximum Gasteiger partial charge on any atom is 0.135 e. The number of Topliss-reactive ketones (excluding diaryl/α,β-unsaturated/α-hetero) is 1. The summed E-state index contributed by atoms with van der Waals surface area (Å²) in [6, 6.07) is 0. The van der Waals surface area contributed by atoms with E-state index in [0.29, 0.717) is 5.78 Å². The van der Waals surface area contributed by atoms with Crippen molar-refractivity contribution in [2.45, 2.75) is 66.2 Å². The SMILES string of the molecule is CC(C)C(=O)CCCCCN1CCC(C(C)C)CC1. The van der Waals surface area contributed by atoms with E-state index in [4.69, 9.17) is 0 Å². The van der Waals surface area contributed by atoms with Gasteiger partial charge in [-0.1, -0.05) is 34.1 Å². The third-order valence-electron chi connectivity index (χ3n) is 4.62. The van der Waals surface area contributed by atoms with Crippen LogP contribution in [0.3, 0.4) is 0 Å². The predicted octanol–water partition coefficient (Wildman–Crippen LogP) is 4.14. The predicted molar refractivity (Wildman–Crippen MR) is 82.3 cm³/mol. The van der Waals surface area contributed by atoms with Gasteiger partial charge in [0.2, 0.25) is 0 Å². The molecule has 0 spiro atoms. The lowest BCUT2D eigenvalue weighted by Gasteiger charge is -2.33. The second-order valence-electron chi connectivity index (χ2n) is 6.85. The quantitative estimate of drug-likeness (QED) is 0.616. The summed E-state index contributed by atoms with van der Waals surface area (Å²) in [5, 5.41) is 0. The molecule has 1 aliphatic heterocycles. The topological polar surface area (TPSA) is 20.3 Å². The smallest absolute Gasteiger partial charge is 0.135 e. The van der Waals surface area contributed by atoms with E-state index in [0.717, 1.165) is 24.7 Å². The summed E-state index contributed by atoms with van der Waals surface area (Å²) in [7, 11) is 0. The van der Waals surface area contributed by atoms with Crippen molar-refractivity contribution >= 4 is 5.78 Å². The van der Waals surface area contributed by atoms with Gasteiger partial charge in [-0.2, -0.15) is 0 Å². The first-order valence-electron chi connectivity index (χ1n) is 8.25. The summed E-state index contributed by atoms with van der Waals surface area (Å²) < 4.78 is 0. The monoisotopic (exact) mass is 267 g/mol. The first-order chi connectivity index (χ1) is 9.00. The fourth-order valence-corrected chi connectivity index (χ4v) is 2.94. The summed E-state index contributed by atoms with van der Waals surface area (Å²) >= 11 is 0. The Kier molecular flexibility index (Phi) is 7.67. The maximum absolute atomic E-state index is 11.5. The van der Waals surface area contributed by atoms with E-state index in [1.807, 2.05) is 13.8 Å². The Bertz CT molecular complexity index is 252. The minimum absolute atomic E-state index is 0.218. The van der Waals surface area contributed by atoms with Crippen molar-refractivity contribution in [3.05, 3.63) is 0 Å². The number of hydrogen-bond donors (Lipinski definition) is 0. The van der Waals surface area contributed by atoms with E-state index in [1.54, 1.807) is 0 Å². The molecule has 0 amide bonds. The molecule has 0 bridgehead atoms. The molecule has 19 heavy (non-hydrogen) atoms. The molecule has 0 aliphatic carbocycles. The molecule has 1 aliphatic rings. The van der Waals surface area contributed by atoms with E-state index >= 15 is 0 Å². The summed E-state index contributed by atoms with van der Waals surface area (Å²) in [4.78, 5) is 14.1. The molecule has 2 heteroatoms. The van der Waals surface area contributed by atoms with Gasteiger partial charge in [0.05, 0.1) is 0 Å². The fraction of sp³-hybridized carbons (Fsp3) is 0.941. The van der Waals surface area contributed by atoms with Gasteiger partial charge in [0, 0.05) is 12.3 Å². The molecule has 1 fully saturated rings. The van der Waals surface area contributed by atoms with Gasteiger partial charge in [-0.15, -0.1) is 0 Å².